The van der Waals surface area contributed by atoms with Gasteiger partial charge in [0.1, 0.15) is 0 Å². The minimum atomic E-state index is -0.146. The van der Waals surface area contributed by atoms with Gasteiger partial charge in [0, 0.05) is 18.2 Å². The molecule has 0 bridgehead atoms. The maximum atomic E-state index is 12.1. The minimum absolute atomic E-state index is 0.0482. The van der Waals surface area contributed by atoms with E-state index >= 15 is 0 Å². The smallest absolute Gasteiger partial charge is 0.251 e. The number of hydrogen-bond donors (Lipinski definition) is 2. The molecule has 1 amide bonds. The fourth-order valence-electron chi connectivity index (χ4n) is 2.22. The molecule has 0 saturated heterocycles. The Bertz CT molecular complexity index is 494. The van der Waals surface area contributed by atoms with Crippen LogP contribution >= 0.6 is 0 Å². The van der Waals surface area contributed by atoms with Gasteiger partial charge in [-0.25, -0.2) is 0 Å². The average Bonchev–Trinajstić information content (AvgIpc) is 2.80. The summed E-state index contributed by atoms with van der Waals surface area (Å²) in [6.45, 7) is 7.06. The van der Waals surface area contributed by atoms with Crippen molar-refractivity contribution >= 4 is 5.91 Å². The SMILES string of the molecule is CC(C)(C)CC(N)CNC(=O)c1ccc2c(c1)OCO2. The highest BCUT2D eigenvalue weighted by atomic mass is 16.7. The maximum absolute atomic E-state index is 12.1. The lowest BCUT2D eigenvalue weighted by Gasteiger charge is -2.23. The van der Waals surface area contributed by atoms with Crippen molar-refractivity contribution in [3.63, 3.8) is 0 Å². The first-order valence-electron chi connectivity index (χ1n) is 6.78. The van der Waals surface area contributed by atoms with Gasteiger partial charge in [-0.3, -0.25) is 4.79 Å². The van der Waals surface area contributed by atoms with Crippen molar-refractivity contribution in [3.05, 3.63) is 23.8 Å². The van der Waals surface area contributed by atoms with Crippen LogP contribution in [0.15, 0.2) is 18.2 Å². The summed E-state index contributed by atoms with van der Waals surface area (Å²) >= 11 is 0. The molecule has 1 heterocycles. The van der Waals surface area contributed by atoms with E-state index in [1.807, 2.05) is 0 Å². The van der Waals surface area contributed by atoms with Gasteiger partial charge in [0.2, 0.25) is 6.79 Å². The molecule has 0 saturated carbocycles. The lowest BCUT2D eigenvalue weighted by molar-refractivity contribution is 0.0948. The molecular formula is C15H22N2O3. The lowest BCUT2D eigenvalue weighted by Crippen LogP contribution is -2.39. The Kier molecular flexibility index (Phi) is 4.18. The van der Waals surface area contributed by atoms with Crippen LogP contribution in [0.2, 0.25) is 0 Å². The predicted octanol–water partition coefficient (Wildman–Crippen LogP) is 1.91. The van der Waals surface area contributed by atoms with E-state index in [1.54, 1.807) is 18.2 Å². The fourth-order valence-corrected chi connectivity index (χ4v) is 2.22. The Morgan fingerprint density at radius 3 is 2.75 bits per heavy atom. The average molecular weight is 278 g/mol. The first kappa shape index (κ1) is 14.7. The number of carbonyl (C=O) groups is 1. The van der Waals surface area contributed by atoms with Crippen LogP contribution in [0, 0.1) is 5.41 Å². The number of nitrogens with two attached hydrogens (primary N) is 1. The zero-order valence-electron chi connectivity index (χ0n) is 12.2. The molecule has 0 aromatic heterocycles. The van der Waals surface area contributed by atoms with Gasteiger partial charge < -0.3 is 20.5 Å². The number of benzene rings is 1. The van der Waals surface area contributed by atoms with Crippen LogP contribution in [0.5, 0.6) is 11.5 Å². The van der Waals surface area contributed by atoms with E-state index in [-0.39, 0.29) is 24.2 Å². The number of ether oxygens (including phenoxy) is 2. The summed E-state index contributed by atoms with van der Waals surface area (Å²) < 4.78 is 10.5. The van der Waals surface area contributed by atoms with Crippen LogP contribution in [-0.4, -0.2) is 25.3 Å². The minimum Gasteiger partial charge on any atom is -0.454 e. The zero-order valence-corrected chi connectivity index (χ0v) is 12.2. The molecule has 1 aliphatic rings. The highest BCUT2D eigenvalue weighted by Gasteiger charge is 2.18. The van der Waals surface area contributed by atoms with Gasteiger partial charge in [-0.05, 0) is 30.0 Å². The van der Waals surface area contributed by atoms with Crippen molar-refractivity contribution in [2.45, 2.75) is 33.2 Å². The summed E-state index contributed by atoms with van der Waals surface area (Å²) in [6, 6.07) is 5.10. The first-order valence-corrected chi connectivity index (χ1v) is 6.78. The molecule has 1 aromatic rings. The molecule has 2 rings (SSSR count). The molecule has 1 aliphatic heterocycles. The van der Waals surface area contributed by atoms with Crippen molar-refractivity contribution in [1.29, 1.82) is 0 Å². The summed E-state index contributed by atoms with van der Waals surface area (Å²) in [5.74, 6) is 1.13. The second kappa shape index (κ2) is 5.71. The molecule has 0 spiro atoms. The van der Waals surface area contributed by atoms with Gasteiger partial charge in [0.25, 0.3) is 5.91 Å². The largest absolute Gasteiger partial charge is 0.454 e. The summed E-state index contributed by atoms with van der Waals surface area (Å²) in [6.07, 6.45) is 0.856. The summed E-state index contributed by atoms with van der Waals surface area (Å²) in [4.78, 5) is 12.1. The van der Waals surface area contributed by atoms with Crippen LogP contribution < -0.4 is 20.5 Å². The highest BCUT2D eigenvalue weighted by molar-refractivity contribution is 5.94. The Morgan fingerprint density at radius 2 is 2.05 bits per heavy atom. The van der Waals surface area contributed by atoms with Crippen LogP contribution in [-0.2, 0) is 0 Å². The molecule has 5 heteroatoms. The Balaban J connectivity index is 1.89. The Hall–Kier alpha value is -1.75. The lowest BCUT2D eigenvalue weighted by atomic mass is 9.88. The van der Waals surface area contributed by atoms with Crippen LogP contribution in [0.25, 0.3) is 0 Å². The van der Waals surface area contributed by atoms with Crippen LogP contribution in [0.3, 0.4) is 0 Å². The topological polar surface area (TPSA) is 73.6 Å². The summed E-state index contributed by atoms with van der Waals surface area (Å²) in [5.41, 5.74) is 6.73. The van der Waals surface area contributed by atoms with E-state index < -0.39 is 0 Å². The van der Waals surface area contributed by atoms with Crippen molar-refractivity contribution in [2.24, 2.45) is 11.1 Å². The number of rotatable bonds is 4. The van der Waals surface area contributed by atoms with Crippen molar-refractivity contribution in [1.82, 2.24) is 5.32 Å². The van der Waals surface area contributed by atoms with E-state index in [2.05, 4.69) is 26.1 Å². The number of amides is 1. The zero-order chi connectivity index (χ0) is 14.8. The molecule has 1 unspecified atom stereocenters. The summed E-state index contributed by atoms with van der Waals surface area (Å²) in [5, 5.41) is 2.85. The number of hydrogen-bond acceptors (Lipinski definition) is 4. The third-order valence-electron chi connectivity index (χ3n) is 3.03. The van der Waals surface area contributed by atoms with Crippen molar-refractivity contribution < 1.29 is 14.3 Å². The number of carbonyl (C=O) groups excluding carboxylic acids is 1. The van der Waals surface area contributed by atoms with Crippen LogP contribution in [0.4, 0.5) is 0 Å². The van der Waals surface area contributed by atoms with E-state index in [4.69, 9.17) is 15.2 Å². The van der Waals surface area contributed by atoms with Crippen molar-refractivity contribution in [2.75, 3.05) is 13.3 Å². The second-order valence-corrected chi connectivity index (χ2v) is 6.30. The summed E-state index contributed by atoms with van der Waals surface area (Å²) in [7, 11) is 0. The molecule has 5 nitrogen and oxygen atoms in total. The van der Waals surface area contributed by atoms with E-state index in [0.29, 0.717) is 23.6 Å². The molecule has 1 aromatic carbocycles. The quantitative estimate of drug-likeness (QED) is 0.882. The molecule has 110 valence electrons. The van der Waals surface area contributed by atoms with E-state index in [1.165, 1.54) is 0 Å². The standard InChI is InChI=1S/C15H22N2O3/c1-15(2,3)7-11(16)8-17-14(18)10-4-5-12-13(6-10)20-9-19-12/h4-6,11H,7-9,16H2,1-3H3,(H,17,18). The predicted molar refractivity (Wildman–Crippen MR) is 76.9 cm³/mol. The van der Waals surface area contributed by atoms with Gasteiger partial charge in [-0.2, -0.15) is 0 Å². The van der Waals surface area contributed by atoms with Gasteiger partial charge in [0.05, 0.1) is 0 Å². The van der Waals surface area contributed by atoms with E-state index in [9.17, 15) is 4.79 Å². The number of fused-ring (bicyclic) bond motifs is 1. The second-order valence-electron chi connectivity index (χ2n) is 6.30. The highest BCUT2D eigenvalue weighted by Crippen LogP contribution is 2.32. The third-order valence-corrected chi connectivity index (χ3v) is 3.03. The van der Waals surface area contributed by atoms with Gasteiger partial charge in [0.15, 0.2) is 11.5 Å². The molecule has 0 aliphatic carbocycles. The molecule has 1 atom stereocenters. The first-order chi connectivity index (χ1) is 9.35. The Morgan fingerprint density at radius 1 is 1.35 bits per heavy atom. The maximum Gasteiger partial charge on any atom is 0.251 e. The third kappa shape index (κ3) is 3.87. The fraction of sp³-hybridized carbons (Fsp3) is 0.533. The van der Waals surface area contributed by atoms with Crippen molar-refractivity contribution in [3.8, 4) is 11.5 Å². The van der Waals surface area contributed by atoms with Gasteiger partial charge in [-0.15, -0.1) is 0 Å². The Labute approximate surface area is 119 Å². The van der Waals surface area contributed by atoms with Gasteiger partial charge in [-0.1, -0.05) is 20.8 Å². The molecule has 20 heavy (non-hydrogen) atoms. The molecule has 0 fully saturated rings. The normalized spacial score (nSPS) is 15.0. The van der Waals surface area contributed by atoms with E-state index in [0.717, 1.165) is 6.42 Å². The molecular weight excluding hydrogens is 256 g/mol. The number of nitrogens with one attached hydrogen (secondary N) is 1. The monoisotopic (exact) mass is 278 g/mol. The molecule has 0 radical (unpaired) electrons. The van der Waals surface area contributed by atoms with Gasteiger partial charge >= 0.3 is 0 Å². The van der Waals surface area contributed by atoms with Crippen LogP contribution in [0.1, 0.15) is 37.6 Å². The molecule has 3 N–H and O–H groups in total.